The fourth-order valence-electron chi connectivity index (χ4n) is 2.53. The van der Waals surface area contributed by atoms with E-state index in [1.807, 2.05) is 24.3 Å². The molecule has 4 aromatic rings. The standard InChI is InChI=1S/C18H15ClN8O2S/c1-29-17(28)15-6-7-26(25-15)11-30-18-24-21-10-27(18)22-9-13-8-20-23-16(13)12-2-4-14(19)5-3-12/h2-10H,11H2,1H3,(H,20,23). The van der Waals surface area contributed by atoms with E-state index < -0.39 is 5.97 Å². The van der Waals surface area contributed by atoms with Crippen molar-refractivity contribution in [3.05, 3.63) is 65.3 Å². The van der Waals surface area contributed by atoms with Gasteiger partial charge in [-0.15, -0.1) is 10.2 Å². The highest BCUT2D eigenvalue weighted by Gasteiger charge is 2.11. The molecular formula is C18H15ClN8O2S. The molecule has 0 aliphatic carbocycles. The van der Waals surface area contributed by atoms with Gasteiger partial charge in [-0.1, -0.05) is 35.5 Å². The molecule has 0 spiro atoms. The molecule has 0 fully saturated rings. The molecule has 152 valence electrons. The molecule has 0 bridgehead atoms. The van der Waals surface area contributed by atoms with E-state index in [2.05, 4.69) is 35.3 Å². The van der Waals surface area contributed by atoms with Gasteiger partial charge in [0.05, 0.1) is 31.1 Å². The lowest BCUT2D eigenvalue weighted by atomic mass is 10.1. The van der Waals surface area contributed by atoms with Crippen LogP contribution in [-0.2, 0) is 10.6 Å². The summed E-state index contributed by atoms with van der Waals surface area (Å²) < 4.78 is 7.81. The fraction of sp³-hybridized carbons (Fsp3) is 0.111. The third kappa shape index (κ3) is 4.42. The zero-order chi connectivity index (χ0) is 20.9. The molecule has 0 aliphatic heterocycles. The van der Waals surface area contributed by atoms with Crippen LogP contribution in [0.15, 0.2) is 59.3 Å². The molecule has 0 aliphatic rings. The van der Waals surface area contributed by atoms with Crippen LogP contribution in [0.5, 0.6) is 0 Å². The van der Waals surface area contributed by atoms with Crippen LogP contribution in [0.1, 0.15) is 16.1 Å². The number of halogens is 1. The highest BCUT2D eigenvalue weighted by atomic mass is 35.5. The first-order valence-corrected chi connectivity index (χ1v) is 9.98. The number of hydrogen-bond acceptors (Lipinski definition) is 8. The zero-order valence-corrected chi connectivity index (χ0v) is 17.2. The molecule has 30 heavy (non-hydrogen) atoms. The smallest absolute Gasteiger partial charge is 0.358 e. The molecule has 3 heterocycles. The fourth-order valence-corrected chi connectivity index (χ4v) is 3.38. The average Bonchev–Trinajstić information content (AvgIpc) is 3.51. The summed E-state index contributed by atoms with van der Waals surface area (Å²) in [5.41, 5.74) is 2.81. The second kappa shape index (κ2) is 8.93. The van der Waals surface area contributed by atoms with E-state index in [0.717, 1.165) is 16.8 Å². The van der Waals surface area contributed by atoms with Crippen molar-refractivity contribution in [3.63, 3.8) is 0 Å². The summed E-state index contributed by atoms with van der Waals surface area (Å²) in [5.74, 6) is -0.0597. The maximum atomic E-state index is 11.5. The Labute approximate surface area is 179 Å². The number of benzene rings is 1. The van der Waals surface area contributed by atoms with E-state index in [1.165, 1.54) is 25.2 Å². The molecule has 0 atom stereocenters. The Balaban J connectivity index is 1.46. The van der Waals surface area contributed by atoms with Gasteiger partial charge in [-0.25, -0.2) is 4.79 Å². The van der Waals surface area contributed by atoms with Gasteiger partial charge in [0.25, 0.3) is 0 Å². The summed E-state index contributed by atoms with van der Waals surface area (Å²) in [6, 6.07) is 9.02. The number of carbonyl (C=O) groups excluding carboxylic acids is 1. The van der Waals surface area contributed by atoms with Crippen molar-refractivity contribution in [2.75, 3.05) is 7.11 Å². The third-order valence-electron chi connectivity index (χ3n) is 3.98. The van der Waals surface area contributed by atoms with Crippen LogP contribution in [0, 0.1) is 0 Å². The third-order valence-corrected chi connectivity index (χ3v) is 5.16. The van der Waals surface area contributed by atoms with Crippen LogP contribution in [0.4, 0.5) is 0 Å². The Kier molecular flexibility index (Phi) is 5.91. The Hall–Kier alpha value is -3.44. The molecule has 0 saturated carbocycles. The van der Waals surface area contributed by atoms with Crippen LogP contribution >= 0.6 is 23.4 Å². The molecule has 0 saturated heterocycles. The van der Waals surface area contributed by atoms with Crippen molar-refractivity contribution in [1.82, 2.24) is 34.9 Å². The number of carbonyl (C=O) groups is 1. The number of aromatic amines is 1. The van der Waals surface area contributed by atoms with Crippen LogP contribution < -0.4 is 0 Å². The van der Waals surface area contributed by atoms with Crippen molar-refractivity contribution < 1.29 is 9.53 Å². The Morgan fingerprint density at radius 3 is 2.97 bits per heavy atom. The lowest BCUT2D eigenvalue weighted by Crippen LogP contribution is -2.04. The van der Waals surface area contributed by atoms with Crippen LogP contribution in [0.2, 0.25) is 5.02 Å². The largest absolute Gasteiger partial charge is 0.464 e. The number of esters is 1. The number of aromatic nitrogens is 7. The van der Waals surface area contributed by atoms with Crippen LogP contribution in [0.3, 0.4) is 0 Å². The predicted molar refractivity (Wildman–Crippen MR) is 111 cm³/mol. The van der Waals surface area contributed by atoms with Gasteiger partial charge in [0, 0.05) is 22.3 Å². The minimum atomic E-state index is -0.483. The van der Waals surface area contributed by atoms with Crippen molar-refractivity contribution in [3.8, 4) is 11.3 Å². The van der Waals surface area contributed by atoms with Gasteiger partial charge in [0.15, 0.2) is 5.69 Å². The SMILES string of the molecule is COC(=O)c1ccn(CSc2nncn2N=Cc2cn[nH]c2-c2ccc(Cl)cc2)n1. The highest BCUT2D eigenvalue weighted by Crippen LogP contribution is 2.22. The van der Waals surface area contributed by atoms with Crippen molar-refractivity contribution >= 4 is 35.5 Å². The van der Waals surface area contributed by atoms with Crippen LogP contribution in [-0.4, -0.2) is 54.1 Å². The van der Waals surface area contributed by atoms with Gasteiger partial charge < -0.3 is 4.74 Å². The van der Waals surface area contributed by atoms with E-state index in [4.69, 9.17) is 11.6 Å². The summed E-state index contributed by atoms with van der Waals surface area (Å²) in [5, 5.41) is 24.9. The minimum Gasteiger partial charge on any atom is -0.464 e. The summed E-state index contributed by atoms with van der Waals surface area (Å²) in [7, 11) is 1.31. The number of methoxy groups -OCH3 is 1. The van der Waals surface area contributed by atoms with Gasteiger partial charge in [-0.05, 0) is 18.2 Å². The lowest BCUT2D eigenvalue weighted by molar-refractivity contribution is 0.0593. The number of thioether (sulfide) groups is 1. The number of nitrogens with zero attached hydrogens (tertiary/aromatic N) is 7. The normalized spacial score (nSPS) is 11.3. The molecule has 0 unspecified atom stereocenters. The number of H-pyrrole nitrogens is 1. The molecular weight excluding hydrogens is 428 g/mol. The van der Waals surface area contributed by atoms with E-state index in [0.29, 0.717) is 16.1 Å². The van der Waals surface area contributed by atoms with E-state index in [1.54, 1.807) is 34.0 Å². The van der Waals surface area contributed by atoms with E-state index in [-0.39, 0.29) is 5.69 Å². The predicted octanol–water partition coefficient (Wildman–Crippen LogP) is 2.94. The quantitative estimate of drug-likeness (QED) is 0.265. The first-order chi connectivity index (χ1) is 14.6. The van der Waals surface area contributed by atoms with Crippen molar-refractivity contribution in [1.29, 1.82) is 0 Å². The molecule has 1 aromatic carbocycles. The summed E-state index contributed by atoms with van der Waals surface area (Å²) in [6.45, 7) is 0. The lowest BCUT2D eigenvalue weighted by Gasteiger charge is -2.02. The van der Waals surface area contributed by atoms with Crippen molar-refractivity contribution in [2.45, 2.75) is 11.0 Å². The molecule has 0 amide bonds. The molecule has 1 N–H and O–H groups in total. The molecule has 10 nitrogen and oxygen atoms in total. The average molecular weight is 443 g/mol. The first kappa shape index (κ1) is 19.9. The Bertz CT molecular complexity index is 1180. The van der Waals surface area contributed by atoms with E-state index in [9.17, 15) is 4.79 Å². The van der Waals surface area contributed by atoms with Crippen LogP contribution in [0.25, 0.3) is 11.3 Å². The molecule has 12 heteroatoms. The number of rotatable bonds is 7. The van der Waals surface area contributed by atoms with Gasteiger partial charge in [-0.2, -0.15) is 20.0 Å². The monoisotopic (exact) mass is 442 g/mol. The Morgan fingerprint density at radius 1 is 1.33 bits per heavy atom. The summed E-state index contributed by atoms with van der Waals surface area (Å²) in [4.78, 5) is 11.5. The number of ether oxygens (including phenoxy) is 1. The molecule has 0 radical (unpaired) electrons. The second-order valence-corrected chi connectivity index (χ2v) is 7.26. The maximum Gasteiger partial charge on any atom is 0.358 e. The second-order valence-electron chi connectivity index (χ2n) is 5.92. The maximum absolute atomic E-state index is 11.5. The van der Waals surface area contributed by atoms with E-state index >= 15 is 0 Å². The minimum absolute atomic E-state index is 0.243. The zero-order valence-electron chi connectivity index (χ0n) is 15.6. The molecule has 3 aromatic heterocycles. The van der Waals surface area contributed by atoms with Gasteiger partial charge in [0.2, 0.25) is 5.16 Å². The van der Waals surface area contributed by atoms with Gasteiger partial charge in [0.1, 0.15) is 6.33 Å². The Morgan fingerprint density at radius 2 is 2.17 bits per heavy atom. The number of nitrogens with one attached hydrogen (secondary N) is 1. The van der Waals surface area contributed by atoms with Gasteiger partial charge in [-0.3, -0.25) is 9.78 Å². The topological polar surface area (TPSA) is 116 Å². The molecule has 4 rings (SSSR count). The first-order valence-electron chi connectivity index (χ1n) is 8.62. The van der Waals surface area contributed by atoms with Gasteiger partial charge >= 0.3 is 5.97 Å². The number of hydrogen-bond donors (Lipinski definition) is 1. The summed E-state index contributed by atoms with van der Waals surface area (Å²) in [6.07, 6.45) is 6.55. The van der Waals surface area contributed by atoms with Crippen molar-refractivity contribution in [2.24, 2.45) is 5.10 Å². The highest BCUT2D eigenvalue weighted by molar-refractivity contribution is 7.98. The summed E-state index contributed by atoms with van der Waals surface area (Å²) >= 11 is 7.32.